The smallest absolute Gasteiger partial charge is 0.320 e. The average Bonchev–Trinajstić information content (AvgIpc) is 2.16. The van der Waals surface area contributed by atoms with Crippen LogP contribution in [0.2, 0.25) is 0 Å². The van der Waals surface area contributed by atoms with Crippen LogP contribution in [0.25, 0.3) is 0 Å². The van der Waals surface area contributed by atoms with Crippen molar-refractivity contribution in [2.45, 2.75) is 25.3 Å². The Morgan fingerprint density at radius 2 is 2.36 bits per heavy atom. The summed E-state index contributed by atoms with van der Waals surface area (Å²) in [6.45, 7) is 0.878. The maximum atomic E-state index is 10.3. The largest absolute Gasteiger partial charge is 0.480 e. The van der Waals surface area contributed by atoms with Gasteiger partial charge in [0.2, 0.25) is 0 Å². The molecule has 0 saturated carbocycles. The summed E-state index contributed by atoms with van der Waals surface area (Å²) in [5.41, 5.74) is 7.96. The molecule has 0 aromatic carbocycles. The fraction of sp³-hybridized carbons (Fsp3) is 0.667. The highest BCUT2D eigenvalue weighted by Crippen LogP contribution is 1.97. The minimum atomic E-state index is -0.957. The van der Waals surface area contributed by atoms with Gasteiger partial charge in [0.1, 0.15) is 12.6 Å². The highest BCUT2D eigenvalue weighted by Gasteiger charge is 2.09. The standard InChI is InChI=1S/C9H16N2O3/c1-2-7-14-11-6-4-3-5-8(10)9(12)13/h1,8,11H,3-7,10H2,(H,12,13)/t8-/m0/s1. The van der Waals surface area contributed by atoms with E-state index < -0.39 is 12.0 Å². The molecule has 0 aliphatic carbocycles. The fourth-order valence-corrected chi connectivity index (χ4v) is 0.850. The molecule has 0 aromatic heterocycles. The lowest BCUT2D eigenvalue weighted by atomic mass is 10.1. The van der Waals surface area contributed by atoms with Crippen molar-refractivity contribution in [2.75, 3.05) is 13.2 Å². The van der Waals surface area contributed by atoms with E-state index in [-0.39, 0.29) is 6.61 Å². The number of aliphatic carboxylic acids is 1. The number of carboxylic acids is 1. The predicted octanol–water partition coefficient (Wildman–Crippen LogP) is -0.277. The van der Waals surface area contributed by atoms with Gasteiger partial charge in [0.25, 0.3) is 0 Å². The first kappa shape index (κ1) is 12.9. The summed E-state index contributed by atoms with van der Waals surface area (Å²) < 4.78 is 0. The van der Waals surface area contributed by atoms with E-state index in [1.165, 1.54) is 0 Å². The molecule has 5 nitrogen and oxygen atoms in total. The third kappa shape index (κ3) is 7.55. The predicted molar refractivity (Wildman–Crippen MR) is 52.2 cm³/mol. The molecular formula is C9H16N2O3. The van der Waals surface area contributed by atoms with Crippen LogP contribution < -0.4 is 11.2 Å². The molecule has 0 aliphatic rings. The van der Waals surface area contributed by atoms with Gasteiger partial charge in [-0.2, -0.15) is 0 Å². The van der Waals surface area contributed by atoms with Crippen LogP contribution in [0.3, 0.4) is 0 Å². The first-order chi connectivity index (χ1) is 6.68. The molecule has 14 heavy (non-hydrogen) atoms. The number of rotatable bonds is 8. The van der Waals surface area contributed by atoms with Crippen LogP contribution in [0.1, 0.15) is 19.3 Å². The molecule has 0 heterocycles. The molecule has 1 atom stereocenters. The number of nitrogens with one attached hydrogen (secondary N) is 1. The SMILES string of the molecule is C#CCONCCCC[C@H](N)C(=O)O. The van der Waals surface area contributed by atoms with Crippen LogP contribution in [0.5, 0.6) is 0 Å². The molecular weight excluding hydrogens is 184 g/mol. The van der Waals surface area contributed by atoms with E-state index in [9.17, 15) is 4.79 Å². The van der Waals surface area contributed by atoms with Crippen molar-refractivity contribution < 1.29 is 14.7 Å². The number of carbonyl (C=O) groups is 1. The molecule has 0 spiro atoms. The molecule has 0 amide bonds. The average molecular weight is 200 g/mol. The molecule has 0 rings (SSSR count). The normalized spacial score (nSPS) is 12.0. The van der Waals surface area contributed by atoms with Crippen molar-refractivity contribution in [3.05, 3.63) is 0 Å². The zero-order valence-corrected chi connectivity index (χ0v) is 8.03. The van der Waals surface area contributed by atoms with E-state index in [1.807, 2.05) is 0 Å². The van der Waals surface area contributed by atoms with E-state index in [1.54, 1.807) is 0 Å². The quantitative estimate of drug-likeness (QED) is 0.285. The number of unbranched alkanes of at least 4 members (excludes halogenated alkanes) is 1. The van der Waals surface area contributed by atoms with Gasteiger partial charge >= 0.3 is 5.97 Å². The number of nitrogens with two attached hydrogens (primary N) is 1. The van der Waals surface area contributed by atoms with Crippen molar-refractivity contribution in [3.8, 4) is 12.3 Å². The summed E-state index contributed by atoms with van der Waals surface area (Å²) >= 11 is 0. The van der Waals surface area contributed by atoms with Crippen LogP contribution in [0, 0.1) is 12.3 Å². The van der Waals surface area contributed by atoms with Crippen molar-refractivity contribution in [1.29, 1.82) is 0 Å². The van der Waals surface area contributed by atoms with Crippen molar-refractivity contribution in [3.63, 3.8) is 0 Å². The van der Waals surface area contributed by atoms with Crippen LogP contribution in [-0.4, -0.2) is 30.3 Å². The molecule has 0 aromatic rings. The van der Waals surface area contributed by atoms with Gasteiger partial charge in [0, 0.05) is 6.54 Å². The third-order valence-corrected chi connectivity index (χ3v) is 1.62. The number of hydroxylamine groups is 1. The number of hydrogen-bond acceptors (Lipinski definition) is 4. The van der Waals surface area contributed by atoms with Crippen molar-refractivity contribution in [2.24, 2.45) is 5.73 Å². The molecule has 0 fully saturated rings. The lowest BCUT2D eigenvalue weighted by Crippen LogP contribution is -2.30. The van der Waals surface area contributed by atoms with Gasteiger partial charge < -0.3 is 10.8 Å². The monoisotopic (exact) mass is 200 g/mol. The Kier molecular flexibility index (Phi) is 7.84. The minimum Gasteiger partial charge on any atom is -0.480 e. The molecule has 0 radical (unpaired) electrons. The Balaban J connectivity index is 3.14. The van der Waals surface area contributed by atoms with E-state index in [2.05, 4.69) is 11.4 Å². The van der Waals surface area contributed by atoms with Crippen LogP contribution in [0.15, 0.2) is 0 Å². The second-order valence-electron chi connectivity index (χ2n) is 2.83. The molecule has 0 saturated heterocycles. The summed E-state index contributed by atoms with van der Waals surface area (Å²) in [6.07, 6.45) is 6.98. The molecule has 0 aliphatic heterocycles. The first-order valence-electron chi connectivity index (χ1n) is 4.45. The zero-order chi connectivity index (χ0) is 10.8. The number of terminal acetylenes is 1. The maximum Gasteiger partial charge on any atom is 0.320 e. The summed E-state index contributed by atoms with van der Waals surface area (Å²) in [6, 6.07) is -0.762. The minimum absolute atomic E-state index is 0.231. The van der Waals surface area contributed by atoms with E-state index in [0.29, 0.717) is 13.0 Å². The maximum absolute atomic E-state index is 10.3. The Hall–Kier alpha value is -1.09. The summed E-state index contributed by atoms with van der Waals surface area (Å²) in [4.78, 5) is 15.1. The van der Waals surface area contributed by atoms with Gasteiger partial charge in [-0.25, -0.2) is 5.48 Å². The van der Waals surface area contributed by atoms with Gasteiger partial charge in [0.05, 0.1) is 0 Å². The van der Waals surface area contributed by atoms with Gasteiger partial charge in [-0.05, 0) is 19.3 Å². The van der Waals surface area contributed by atoms with Gasteiger partial charge in [-0.1, -0.05) is 5.92 Å². The number of carboxylic acid groups (broad SMARTS) is 1. The topological polar surface area (TPSA) is 84.6 Å². The second kappa shape index (κ2) is 8.51. The second-order valence-corrected chi connectivity index (χ2v) is 2.83. The lowest BCUT2D eigenvalue weighted by molar-refractivity contribution is -0.138. The first-order valence-corrected chi connectivity index (χ1v) is 4.45. The van der Waals surface area contributed by atoms with Gasteiger partial charge in [-0.3, -0.25) is 9.63 Å². The molecule has 0 bridgehead atoms. The zero-order valence-electron chi connectivity index (χ0n) is 8.03. The van der Waals surface area contributed by atoms with E-state index in [0.717, 1.165) is 12.8 Å². The molecule has 5 heteroatoms. The van der Waals surface area contributed by atoms with Crippen LogP contribution in [0.4, 0.5) is 0 Å². The Morgan fingerprint density at radius 3 is 2.93 bits per heavy atom. The van der Waals surface area contributed by atoms with E-state index in [4.69, 9.17) is 22.1 Å². The lowest BCUT2D eigenvalue weighted by Gasteiger charge is -2.06. The highest BCUT2D eigenvalue weighted by molar-refractivity contribution is 5.72. The van der Waals surface area contributed by atoms with Gasteiger partial charge in [0.15, 0.2) is 0 Å². The number of hydrogen-bond donors (Lipinski definition) is 3. The Morgan fingerprint density at radius 1 is 1.64 bits per heavy atom. The Labute approximate surface area is 83.6 Å². The molecule has 0 unspecified atom stereocenters. The fourth-order valence-electron chi connectivity index (χ4n) is 0.850. The Bertz CT molecular complexity index is 201. The van der Waals surface area contributed by atoms with Gasteiger partial charge in [-0.15, -0.1) is 6.42 Å². The van der Waals surface area contributed by atoms with Crippen molar-refractivity contribution >= 4 is 5.97 Å². The van der Waals surface area contributed by atoms with Crippen LogP contribution in [-0.2, 0) is 9.63 Å². The van der Waals surface area contributed by atoms with E-state index >= 15 is 0 Å². The summed E-state index contributed by atoms with van der Waals surface area (Å²) in [7, 11) is 0. The van der Waals surface area contributed by atoms with Crippen LogP contribution >= 0.6 is 0 Å². The molecule has 4 N–H and O–H groups in total. The summed E-state index contributed by atoms with van der Waals surface area (Å²) in [5.74, 6) is 1.35. The third-order valence-electron chi connectivity index (χ3n) is 1.62. The summed E-state index contributed by atoms with van der Waals surface area (Å²) in [5, 5.41) is 8.47. The highest BCUT2D eigenvalue weighted by atomic mass is 16.6. The molecule has 80 valence electrons. The van der Waals surface area contributed by atoms with Crippen molar-refractivity contribution in [1.82, 2.24) is 5.48 Å².